The lowest BCUT2D eigenvalue weighted by molar-refractivity contribution is 0.00578. The molecule has 0 aliphatic carbocycles. The lowest BCUT2D eigenvalue weighted by atomic mass is 9.67. The molecule has 1 saturated heterocycles. The molecule has 0 saturated carbocycles. The Bertz CT molecular complexity index is 609. The molecule has 1 aliphatic heterocycles. The fourth-order valence-electron chi connectivity index (χ4n) is 2.70. The zero-order valence-electron chi connectivity index (χ0n) is 14.7. The van der Waals surface area contributed by atoms with E-state index >= 15 is 0 Å². The van der Waals surface area contributed by atoms with Gasteiger partial charge in [0.25, 0.3) is 0 Å². The van der Waals surface area contributed by atoms with Crippen LogP contribution in [0.5, 0.6) is 0 Å². The van der Waals surface area contributed by atoms with E-state index in [9.17, 15) is 8.42 Å². The van der Waals surface area contributed by atoms with Gasteiger partial charge in [0.2, 0.25) is 0 Å². The Hall–Kier alpha value is -0.845. The molecule has 0 amide bonds. The maximum atomic E-state index is 11.6. The van der Waals surface area contributed by atoms with E-state index in [0.717, 1.165) is 6.42 Å². The summed E-state index contributed by atoms with van der Waals surface area (Å²) >= 11 is 0. The van der Waals surface area contributed by atoms with Gasteiger partial charge in [0, 0.05) is 12.0 Å². The second-order valence-electron chi connectivity index (χ2n) is 7.49. The molecule has 1 fully saturated rings. The van der Waals surface area contributed by atoms with Gasteiger partial charge in [-0.1, -0.05) is 30.3 Å². The van der Waals surface area contributed by atoms with Crippen molar-refractivity contribution in [3.05, 3.63) is 35.9 Å². The first-order valence-electron chi connectivity index (χ1n) is 8.07. The minimum atomic E-state index is -3.01. The predicted molar refractivity (Wildman–Crippen MR) is 94.3 cm³/mol. The first kappa shape index (κ1) is 18.5. The van der Waals surface area contributed by atoms with Gasteiger partial charge in [0.05, 0.1) is 11.2 Å². The van der Waals surface area contributed by atoms with Crippen LogP contribution >= 0.6 is 0 Å². The van der Waals surface area contributed by atoms with Crippen LogP contribution in [0.4, 0.5) is 0 Å². The van der Waals surface area contributed by atoms with Crippen LogP contribution in [0.2, 0.25) is 5.82 Å². The zero-order valence-corrected chi connectivity index (χ0v) is 15.5. The highest BCUT2D eigenvalue weighted by Crippen LogP contribution is 2.41. The maximum absolute atomic E-state index is 11.6. The molecule has 128 valence electrons. The molecule has 0 N–H and O–H groups in total. The summed E-state index contributed by atoms with van der Waals surface area (Å²) in [6.45, 7) is 8.07. The normalized spacial score (nSPS) is 21.3. The third-order valence-corrected chi connectivity index (χ3v) is 5.83. The summed E-state index contributed by atoms with van der Waals surface area (Å²) in [6, 6.07) is 10.1. The Balaban J connectivity index is 2.17. The summed E-state index contributed by atoms with van der Waals surface area (Å²) in [5.41, 5.74) is 0.357. The number of benzene rings is 1. The van der Waals surface area contributed by atoms with Gasteiger partial charge in [0.1, 0.15) is 9.84 Å². The number of sulfone groups is 1. The van der Waals surface area contributed by atoms with Gasteiger partial charge in [-0.15, -0.1) is 0 Å². The number of hydrogen-bond donors (Lipinski definition) is 0. The monoisotopic (exact) mass is 338 g/mol. The second kappa shape index (κ2) is 6.57. The summed E-state index contributed by atoms with van der Waals surface area (Å²) in [4.78, 5) is 0. The highest BCUT2D eigenvalue weighted by atomic mass is 32.2. The topological polar surface area (TPSA) is 52.6 Å². The summed E-state index contributed by atoms with van der Waals surface area (Å²) in [6.07, 6.45) is 2.55. The van der Waals surface area contributed by atoms with Crippen LogP contribution in [0.25, 0.3) is 0 Å². The molecule has 1 unspecified atom stereocenters. The molecular weight excluding hydrogens is 311 g/mol. The second-order valence-corrected chi connectivity index (χ2v) is 9.75. The molecule has 1 heterocycles. The van der Waals surface area contributed by atoms with Crippen molar-refractivity contribution in [2.24, 2.45) is 0 Å². The third kappa shape index (κ3) is 4.81. The molecule has 1 aromatic carbocycles. The van der Waals surface area contributed by atoms with E-state index < -0.39 is 21.0 Å². The van der Waals surface area contributed by atoms with Crippen molar-refractivity contribution >= 4 is 17.0 Å². The lowest BCUT2D eigenvalue weighted by Crippen LogP contribution is -2.41. The van der Waals surface area contributed by atoms with Crippen molar-refractivity contribution < 1.29 is 17.7 Å². The van der Waals surface area contributed by atoms with Crippen molar-refractivity contribution in [2.45, 2.75) is 57.6 Å². The van der Waals surface area contributed by atoms with Gasteiger partial charge in [-0.3, -0.25) is 0 Å². The first-order valence-corrected chi connectivity index (χ1v) is 10.1. The summed E-state index contributed by atoms with van der Waals surface area (Å²) < 4.78 is 35.4. The molecule has 0 bridgehead atoms. The predicted octanol–water partition coefficient (Wildman–Crippen LogP) is 3.13. The molecule has 0 aromatic heterocycles. The van der Waals surface area contributed by atoms with E-state index in [1.165, 1.54) is 11.8 Å². The van der Waals surface area contributed by atoms with Crippen LogP contribution in [-0.4, -0.2) is 38.7 Å². The zero-order chi connectivity index (χ0) is 17.3. The molecule has 0 spiro atoms. The Morgan fingerprint density at radius 3 is 2.04 bits per heavy atom. The Morgan fingerprint density at radius 1 is 1.04 bits per heavy atom. The quantitative estimate of drug-likeness (QED) is 0.748. The van der Waals surface area contributed by atoms with Gasteiger partial charge >= 0.3 is 7.12 Å². The highest BCUT2D eigenvalue weighted by molar-refractivity contribution is 7.90. The van der Waals surface area contributed by atoms with Gasteiger partial charge < -0.3 is 9.31 Å². The average molecular weight is 338 g/mol. The highest BCUT2D eigenvalue weighted by Gasteiger charge is 2.53. The van der Waals surface area contributed by atoms with E-state index in [-0.39, 0.29) is 18.7 Å². The standard InChI is InChI=1S/C17H27BO4S/c1-16(2)17(3,4)22-18(21-16)15(11-12-23(5,19)20)13-14-9-7-6-8-10-14/h6-10,15H,11-13H2,1-5H3. The molecule has 2 rings (SSSR count). The van der Waals surface area contributed by atoms with Gasteiger partial charge in [-0.2, -0.15) is 0 Å². The Labute approximate surface area is 140 Å². The van der Waals surface area contributed by atoms with Crippen LogP contribution in [0.15, 0.2) is 30.3 Å². The fourth-order valence-corrected chi connectivity index (χ4v) is 3.43. The fraction of sp³-hybridized carbons (Fsp3) is 0.647. The minimum Gasteiger partial charge on any atom is -0.403 e. The Kier molecular flexibility index (Phi) is 5.29. The molecule has 1 aromatic rings. The summed E-state index contributed by atoms with van der Waals surface area (Å²) in [5.74, 6) is 0.155. The van der Waals surface area contributed by atoms with E-state index in [1.807, 2.05) is 45.9 Å². The van der Waals surface area contributed by atoms with Crippen LogP contribution in [-0.2, 0) is 25.6 Å². The molecule has 1 aliphatic rings. The van der Waals surface area contributed by atoms with Gasteiger partial charge in [-0.05, 0) is 51.9 Å². The molecule has 23 heavy (non-hydrogen) atoms. The van der Waals surface area contributed by atoms with Crippen molar-refractivity contribution in [1.29, 1.82) is 0 Å². The average Bonchev–Trinajstić information content (AvgIpc) is 2.63. The number of hydrogen-bond acceptors (Lipinski definition) is 4. The van der Waals surface area contributed by atoms with Crippen LogP contribution in [0, 0.1) is 0 Å². The van der Waals surface area contributed by atoms with Crippen molar-refractivity contribution in [1.82, 2.24) is 0 Å². The van der Waals surface area contributed by atoms with E-state index in [1.54, 1.807) is 0 Å². The van der Waals surface area contributed by atoms with Crippen molar-refractivity contribution in [3.63, 3.8) is 0 Å². The minimum absolute atomic E-state index is 0.00757. The van der Waals surface area contributed by atoms with E-state index in [2.05, 4.69) is 12.1 Å². The van der Waals surface area contributed by atoms with Crippen molar-refractivity contribution in [3.8, 4) is 0 Å². The largest absolute Gasteiger partial charge is 0.461 e. The third-order valence-electron chi connectivity index (χ3n) is 4.86. The molecular formula is C17H27BO4S. The first-order chi connectivity index (χ1) is 10.5. The van der Waals surface area contributed by atoms with Crippen LogP contribution in [0.3, 0.4) is 0 Å². The van der Waals surface area contributed by atoms with Gasteiger partial charge in [0.15, 0.2) is 0 Å². The molecule has 4 nitrogen and oxygen atoms in total. The molecule has 6 heteroatoms. The number of rotatable bonds is 6. The van der Waals surface area contributed by atoms with Gasteiger partial charge in [-0.25, -0.2) is 8.42 Å². The van der Waals surface area contributed by atoms with E-state index in [4.69, 9.17) is 9.31 Å². The summed E-state index contributed by atoms with van der Waals surface area (Å²) in [7, 11) is -3.40. The van der Waals surface area contributed by atoms with Crippen LogP contribution < -0.4 is 0 Å². The lowest BCUT2D eigenvalue weighted by Gasteiger charge is -2.32. The Morgan fingerprint density at radius 2 is 1.57 bits per heavy atom. The molecule has 0 radical (unpaired) electrons. The maximum Gasteiger partial charge on any atom is 0.461 e. The van der Waals surface area contributed by atoms with E-state index in [0.29, 0.717) is 6.42 Å². The van der Waals surface area contributed by atoms with Crippen LogP contribution in [0.1, 0.15) is 39.7 Å². The SMILES string of the molecule is CC1(C)OB(C(CCS(C)(=O)=O)Cc2ccccc2)OC1(C)C. The van der Waals surface area contributed by atoms with Crippen molar-refractivity contribution in [2.75, 3.05) is 12.0 Å². The smallest absolute Gasteiger partial charge is 0.403 e. The molecule has 1 atom stereocenters. The summed E-state index contributed by atoms with van der Waals surface area (Å²) in [5, 5.41) is 0.